The highest BCUT2D eigenvalue weighted by molar-refractivity contribution is 8.18. The molecule has 134 valence electrons. The van der Waals surface area contributed by atoms with Gasteiger partial charge in [0.2, 0.25) is 0 Å². The zero-order valence-corrected chi connectivity index (χ0v) is 16.2. The van der Waals surface area contributed by atoms with Crippen LogP contribution in [0.15, 0.2) is 58.4 Å². The van der Waals surface area contributed by atoms with E-state index < -0.39 is 0 Å². The number of ether oxygens (including phenoxy) is 1. The molecule has 26 heavy (non-hydrogen) atoms. The van der Waals surface area contributed by atoms with Crippen LogP contribution in [-0.2, 0) is 10.2 Å². The Hall–Kier alpha value is -2.53. The van der Waals surface area contributed by atoms with Crippen molar-refractivity contribution < 1.29 is 9.53 Å². The zero-order chi connectivity index (χ0) is 18.7. The van der Waals surface area contributed by atoms with Gasteiger partial charge in [-0.2, -0.15) is 0 Å². The van der Waals surface area contributed by atoms with Crippen LogP contribution in [-0.4, -0.2) is 18.2 Å². The number of hydrogen-bond acceptors (Lipinski definition) is 4. The van der Waals surface area contributed by atoms with E-state index in [2.05, 4.69) is 43.2 Å². The second-order valence-electron chi connectivity index (χ2n) is 7.03. The molecule has 0 radical (unpaired) electrons. The third kappa shape index (κ3) is 4.17. The molecule has 5 heteroatoms. The highest BCUT2D eigenvalue weighted by Gasteiger charge is 2.24. The minimum absolute atomic E-state index is 0.111. The van der Waals surface area contributed by atoms with Crippen molar-refractivity contribution in [3.05, 3.63) is 64.6 Å². The standard InChI is InChI=1S/C21H22N2O2S/c1-21(2,3)15-11-9-14(10-12-15)13-18-19(24)23-20(26-18)22-16-7-5-6-8-17(16)25-4/h5-13H,1-4H3,(H,22,23,24)/b18-13-. The summed E-state index contributed by atoms with van der Waals surface area (Å²) >= 11 is 1.33. The van der Waals surface area contributed by atoms with Crippen LogP contribution in [0.1, 0.15) is 31.9 Å². The van der Waals surface area contributed by atoms with Gasteiger partial charge in [-0.25, -0.2) is 4.99 Å². The van der Waals surface area contributed by atoms with Crippen LogP contribution in [0.4, 0.5) is 5.69 Å². The van der Waals surface area contributed by atoms with Gasteiger partial charge in [-0.15, -0.1) is 0 Å². The van der Waals surface area contributed by atoms with Crippen LogP contribution >= 0.6 is 11.8 Å². The lowest BCUT2D eigenvalue weighted by atomic mass is 9.87. The van der Waals surface area contributed by atoms with Gasteiger partial charge in [-0.1, -0.05) is 57.2 Å². The van der Waals surface area contributed by atoms with Crippen molar-refractivity contribution in [2.24, 2.45) is 4.99 Å². The van der Waals surface area contributed by atoms with Crippen LogP contribution in [0.3, 0.4) is 0 Å². The fourth-order valence-electron chi connectivity index (χ4n) is 2.54. The molecule has 1 heterocycles. The van der Waals surface area contributed by atoms with Gasteiger partial charge >= 0.3 is 0 Å². The quantitative estimate of drug-likeness (QED) is 0.787. The summed E-state index contributed by atoms with van der Waals surface area (Å²) in [5.41, 5.74) is 3.06. The Bertz CT molecular complexity index is 878. The molecule has 1 aliphatic heterocycles. The number of amides is 1. The van der Waals surface area contributed by atoms with E-state index in [1.165, 1.54) is 17.3 Å². The van der Waals surface area contributed by atoms with Gasteiger partial charge < -0.3 is 10.1 Å². The van der Waals surface area contributed by atoms with Crippen LogP contribution in [0.5, 0.6) is 5.75 Å². The lowest BCUT2D eigenvalue weighted by molar-refractivity contribution is -0.115. The molecule has 0 aliphatic carbocycles. The summed E-state index contributed by atoms with van der Waals surface area (Å²) in [6.07, 6.45) is 1.89. The summed E-state index contributed by atoms with van der Waals surface area (Å²) in [7, 11) is 1.60. The Morgan fingerprint density at radius 3 is 2.42 bits per heavy atom. The van der Waals surface area contributed by atoms with E-state index in [1.807, 2.05) is 42.5 Å². The van der Waals surface area contributed by atoms with Crippen molar-refractivity contribution in [2.75, 3.05) is 7.11 Å². The predicted octanol–water partition coefficient (Wildman–Crippen LogP) is 4.88. The lowest BCUT2D eigenvalue weighted by Crippen LogP contribution is -2.19. The van der Waals surface area contributed by atoms with E-state index in [4.69, 9.17) is 4.74 Å². The molecule has 1 amide bonds. The normalized spacial score (nSPS) is 17.6. The average Bonchev–Trinajstić information content (AvgIpc) is 2.94. The first-order chi connectivity index (χ1) is 12.4. The lowest BCUT2D eigenvalue weighted by Gasteiger charge is -2.18. The Balaban J connectivity index is 1.81. The number of nitrogens with one attached hydrogen (secondary N) is 1. The van der Waals surface area contributed by atoms with Gasteiger partial charge in [0.25, 0.3) is 5.91 Å². The smallest absolute Gasteiger partial charge is 0.264 e. The first-order valence-electron chi connectivity index (χ1n) is 8.40. The molecular formula is C21H22N2O2S. The van der Waals surface area contributed by atoms with Crippen molar-refractivity contribution in [3.63, 3.8) is 0 Å². The molecule has 4 nitrogen and oxygen atoms in total. The summed E-state index contributed by atoms with van der Waals surface area (Å²) in [6, 6.07) is 15.8. The Morgan fingerprint density at radius 1 is 1.08 bits per heavy atom. The molecule has 2 aromatic rings. The SMILES string of the molecule is COc1ccccc1N=C1NC(=O)/C(=C/c2ccc(C(C)(C)C)cc2)S1. The van der Waals surface area contributed by atoms with Crippen LogP contribution in [0.25, 0.3) is 6.08 Å². The van der Waals surface area contributed by atoms with Crippen LogP contribution in [0, 0.1) is 0 Å². The summed E-state index contributed by atoms with van der Waals surface area (Å²) < 4.78 is 5.30. The fourth-order valence-corrected chi connectivity index (χ4v) is 3.38. The number of carbonyl (C=O) groups excluding carboxylic acids is 1. The fraction of sp³-hybridized carbons (Fsp3) is 0.238. The van der Waals surface area contributed by atoms with E-state index in [1.54, 1.807) is 7.11 Å². The summed E-state index contributed by atoms with van der Waals surface area (Å²) in [5, 5.41) is 3.36. The number of thioether (sulfide) groups is 1. The van der Waals surface area contributed by atoms with Gasteiger partial charge in [0.1, 0.15) is 11.4 Å². The third-order valence-electron chi connectivity index (χ3n) is 4.03. The molecule has 0 bridgehead atoms. The number of methoxy groups -OCH3 is 1. The number of carbonyl (C=O) groups is 1. The molecule has 0 unspecified atom stereocenters. The second kappa shape index (κ2) is 7.38. The summed E-state index contributed by atoms with van der Waals surface area (Å²) in [5.74, 6) is 0.536. The van der Waals surface area contributed by atoms with Gasteiger partial charge in [-0.3, -0.25) is 4.79 Å². The topological polar surface area (TPSA) is 50.7 Å². The Kier molecular flexibility index (Phi) is 5.18. The van der Waals surface area contributed by atoms with Gasteiger partial charge in [0.05, 0.1) is 12.0 Å². The maximum Gasteiger partial charge on any atom is 0.264 e. The number of hydrogen-bond donors (Lipinski definition) is 1. The van der Waals surface area contributed by atoms with E-state index in [9.17, 15) is 4.79 Å². The predicted molar refractivity (Wildman–Crippen MR) is 109 cm³/mol. The molecule has 0 aromatic heterocycles. The number of nitrogens with zero attached hydrogens (tertiary/aromatic N) is 1. The zero-order valence-electron chi connectivity index (χ0n) is 15.4. The first kappa shape index (κ1) is 18.3. The minimum atomic E-state index is -0.136. The van der Waals surface area contributed by atoms with Crippen LogP contribution < -0.4 is 10.1 Å². The number of para-hydroxylation sites is 2. The second-order valence-corrected chi connectivity index (χ2v) is 8.06. The molecule has 0 spiro atoms. The molecular weight excluding hydrogens is 344 g/mol. The monoisotopic (exact) mass is 366 g/mol. The van der Waals surface area contributed by atoms with Crippen molar-refractivity contribution in [1.82, 2.24) is 5.32 Å². The number of benzene rings is 2. The van der Waals surface area contributed by atoms with E-state index in [0.29, 0.717) is 21.5 Å². The van der Waals surface area contributed by atoms with E-state index in [-0.39, 0.29) is 11.3 Å². The van der Waals surface area contributed by atoms with Gasteiger partial charge in [0, 0.05) is 0 Å². The highest BCUT2D eigenvalue weighted by Crippen LogP contribution is 2.32. The molecule has 0 saturated carbocycles. The van der Waals surface area contributed by atoms with E-state index >= 15 is 0 Å². The molecule has 1 fully saturated rings. The molecule has 2 aromatic carbocycles. The van der Waals surface area contributed by atoms with Crippen molar-refractivity contribution in [2.45, 2.75) is 26.2 Å². The number of aliphatic imine (C=N–C) groups is 1. The highest BCUT2D eigenvalue weighted by atomic mass is 32.2. The Morgan fingerprint density at radius 2 is 1.77 bits per heavy atom. The average molecular weight is 366 g/mol. The molecule has 0 atom stereocenters. The molecule has 1 aliphatic rings. The van der Waals surface area contributed by atoms with Crippen LogP contribution in [0.2, 0.25) is 0 Å². The molecule has 3 rings (SSSR count). The van der Waals surface area contributed by atoms with Crippen molar-refractivity contribution in [1.29, 1.82) is 0 Å². The maximum absolute atomic E-state index is 12.2. The molecule has 1 saturated heterocycles. The number of rotatable bonds is 3. The largest absolute Gasteiger partial charge is 0.494 e. The van der Waals surface area contributed by atoms with E-state index in [0.717, 1.165) is 5.56 Å². The first-order valence-corrected chi connectivity index (χ1v) is 9.21. The van der Waals surface area contributed by atoms with Gasteiger partial charge in [0.15, 0.2) is 5.17 Å². The van der Waals surface area contributed by atoms with Crippen molar-refractivity contribution >= 4 is 34.6 Å². The third-order valence-corrected chi connectivity index (χ3v) is 4.94. The minimum Gasteiger partial charge on any atom is -0.494 e. The Labute approximate surface area is 158 Å². The number of amidine groups is 1. The summed E-state index contributed by atoms with van der Waals surface area (Å²) in [6.45, 7) is 6.55. The summed E-state index contributed by atoms with van der Waals surface area (Å²) in [4.78, 5) is 17.4. The maximum atomic E-state index is 12.2. The van der Waals surface area contributed by atoms with Gasteiger partial charge in [-0.05, 0) is 46.5 Å². The van der Waals surface area contributed by atoms with Crippen molar-refractivity contribution in [3.8, 4) is 5.75 Å². The molecule has 1 N–H and O–H groups in total.